The maximum atomic E-state index is 0. The fraction of sp³-hybridized carbons (Fsp3) is 0. The van der Waals surface area contributed by atoms with Gasteiger partial charge in [0.1, 0.15) is 0 Å². The minimum atomic E-state index is 0. The topological polar surface area (TPSA) is 0 Å². The van der Waals surface area contributed by atoms with Crippen LogP contribution >= 0.6 is 0 Å². The van der Waals surface area contributed by atoms with Gasteiger partial charge in [0.25, 0.3) is 0 Å². The minimum absolute atomic E-state index is 0. The fourth-order valence-corrected chi connectivity index (χ4v) is 0. The third kappa shape index (κ3) is 9.33. The molecule has 0 unspecified atom stereocenters. The van der Waals surface area contributed by atoms with Crippen LogP contribution in [-0.4, -0.2) is 91.0 Å². The van der Waals surface area contributed by atoms with Gasteiger partial charge in [-0.2, -0.15) is 0 Å². The summed E-state index contributed by atoms with van der Waals surface area (Å²) in [7, 11) is 0. The van der Waals surface area contributed by atoms with Crippen LogP contribution in [0.3, 0.4) is 0 Å². The van der Waals surface area contributed by atoms with Gasteiger partial charge >= 0.3 is 91.0 Å². The fourth-order valence-electron chi connectivity index (χ4n) is 0. The second kappa shape index (κ2) is 15.8. The Morgan fingerprint density at radius 2 is 0.500 bits per heavy atom. The molecule has 16 valence electrons. The quantitative estimate of drug-likeness (QED) is 0.386. The summed E-state index contributed by atoms with van der Waals surface area (Å²) in [6.45, 7) is 0. The third-order valence-corrected chi connectivity index (χ3v) is 0. The second-order valence-electron chi connectivity index (χ2n) is 0. The van der Waals surface area contributed by atoms with E-state index >= 15 is 0 Å². The smallest absolute Gasteiger partial charge is 1.00 e. The molecule has 0 heterocycles. The Morgan fingerprint density at radius 1 is 0.500 bits per heavy atom. The Kier molecular flexibility index (Phi) is 97.4. The molecule has 0 rings (SSSR count). The molecule has 0 fully saturated rings. The van der Waals surface area contributed by atoms with Gasteiger partial charge in [0.15, 0.2) is 0 Å². The molecule has 0 aromatic heterocycles. The number of halogens is 2. The van der Waals surface area contributed by atoms with Gasteiger partial charge in [0, 0.05) is 0 Å². The summed E-state index contributed by atoms with van der Waals surface area (Å²) in [6.07, 6.45) is 0. The van der Waals surface area contributed by atoms with E-state index in [1.165, 1.54) is 0 Å². The molecule has 0 nitrogen and oxygen atoms in total. The van der Waals surface area contributed by atoms with Crippen molar-refractivity contribution in [3.8, 4) is 0 Å². The van der Waals surface area contributed by atoms with Crippen LogP contribution < -0.4 is 34.0 Å². The molecule has 0 radical (unpaired) electrons. The standard InChI is InChI=1S/2BrH.2Sr/h2*1H;;/q;;2*+2/p-2. The molecule has 0 aliphatic carbocycles. The predicted octanol–water partition coefficient (Wildman–Crippen LogP) is -6.75. The van der Waals surface area contributed by atoms with E-state index in [0.717, 1.165) is 0 Å². The number of rotatable bonds is 0. The summed E-state index contributed by atoms with van der Waals surface area (Å²) >= 11 is 0. The van der Waals surface area contributed by atoms with E-state index in [1.807, 2.05) is 0 Å². The van der Waals surface area contributed by atoms with Crippen molar-refractivity contribution < 1.29 is 34.0 Å². The van der Waals surface area contributed by atoms with Crippen molar-refractivity contribution in [2.75, 3.05) is 0 Å². The van der Waals surface area contributed by atoms with Crippen LogP contribution in [0.4, 0.5) is 0 Å². The third-order valence-electron chi connectivity index (χ3n) is 0. The van der Waals surface area contributed by atoms with Gasteiger partial charge in [0.05, 0.1) is 0 Å². The summed E-state index contributed by atoms with van der Waals surface area (Å²) in [5, 5.41) is 0. The molecule has 0 bridgehead atoms. The molecule has 0 aromatic rings. The first-order valence-electron chi connectivity index (χ1n) is 0. The second-order valence-corrected chi connectivity index (χ2v) is 0. The monoisotopic (exact) mass is 334 g/mol. The van der Waals surface area contributed by atoms with Crippen LogP contribution in [0.1, 0.15) is 0 Å². The maximum Gasteiger partial charge on any atom is 2.00 e. The van der Waals surface area contributed by atoms with Crippen LogP contribution in [0.15, 0.2) is 0 Å². The first-order chi connectivity index (χ1) is 0. The first kappa shape index (κ1) is 24.7. The van der Waals surface area contributed by atoms with E-state index in [9.17, 15) is 0 Å². The normalized spacial score (nSPS) is 0. The SMILES string of the molecule is [Br-].[Br-].[Sr+2].[Sr+2]. The van der Waals surface area contributed by atoms with Crippen LogP contribution in [0, 0.1) is 0 Å². The molecule has 0 saturated carbocycles. The van der Waals surface area contributed by atoms with Gasteiger partial charge in [-0.3, -0.25) is 0 Å². The zero-order valence-electron chi connectivity index (χ0n) is 2.17. The molecule has 4 heavy (non-hydrogen) atoms. The van der Waals surface area contributed by atoms with E-state index in [4.69, 9.17) is 0 Å². The Balaban J connectivity index is 0. The molecular weight excluding hydrogens is 335 g/mol. The maximum absolute atomic E-state index is 0. The van der Waals surface area contributed by atoms with Crippen LogP contribution in [0.25, 0.3) is 0 Å². The Bertz CT molecular complexity index is 4.00. The molecule has 0 amide bonds. The molecular formula is Br2Sr2+2. The van der Waals surface area contributed by atoms with Crippen LogP contribution in [-0.2, 0) is 0 Å². The van der Waals surface area contributed by atoms with Gasteiger partial charge < -0.3 is 34.0 Å². The summed E-state index contributed by atoms with van der Waals surface area (Å²) in [6, 6.07) is 0. The Morgan fingerprint density at radius 3 is 0.500 bits per heavy atom. The van der Waals surface area contributed by atoms with Crippen molar-refractivity contribution >= 4 is 91.0 Å². The van der Waals surface area contributed by atoms with Crippen molar-refractivity contribution in [2.45, 2.75) is 0 Å². The van der Waals surface area contributed by atoms with E-state index < -0.39 is 0 Å². The molecule has 0 N–H and O–H groups in total. The van der Waals surface area contributed by atoms with Crippen molar-refractivity contribution in [2.24, 2.45) is 0 Å². The molecule has 0 saturated heterocycles. The molecule has 0 spiro atoms. The molecule has 0 aromatic carbocycles. The predicted molar refractivity (Wildman–Crippen MR) is 11.5 cm³/mol. The first-order valence-corrected chi connectivity index (χ1v) is 0. The minimum Gasteiger partial charge on any atom is -1.00 e. The van der Waals surface area contributed by atoms with E-state index in [2.05, 4.69) is 0 Å². The Labute approximate surface area is 121 Å². The van der Waals surface area contributed by atoms with Gasteiger partial charge in [-0.05, 0) is 0 Å². The van der Waals surface area contributed by atoms with Crippen molar-refractivity contribution in [3.63, 3.8) is 0 Å². The zero-order chi connectivity index (χ0) is 0. The molecule has 0 aliphatic rings. The van der Waals surface area contributed by atoms with Crippen LogP contribution in [0.5, 0.6) is 0 Å². The Hall–Kier alpha value is 3.92. The van der Waals surface area contributed by atoms with Gasteiger partial charge in [-0.1, -0.05) is 0 Å². The van der Waals surface area contributed by atoms with Gasteiger partial charge in [-0.25, -0.2) is 0 Å². The molecule has 0 atom stereocenters. The van der Waals surface area contributed by atoms with Crippen molar-refractivity contribution in [3.05, 3.63) is 0 Å². The summed E-state index contributed by atoms with van der Waals surface area (Å²) in [4.78, 5) is 0. The van der Waals surface area contributed by atoms with E-state index in [-0.39, 0.29) is 125 Å². The summed E-state index contributed by atoms with van der Waals surface area (Å²) in [5.74, 6) is 0. The van der Waals surface area contributed by atoms with Crippen molar-refractivity contribution in [1.82, 2.24) is 0 Å². The average Bonchev–Trinajstić information content (AvgIpc) is 0. The average molecular weight is 335 g/mol. The van der Waals surface area contributed by atoms with Gasteiger partial charge in [0.2, 0.25) is 0 Å². The summed E-state index contributed by atoms with van der Waals surface area (Å²) < 4.78 is 0. The number of hydrogen-bond donors (Lipinski definition) is 0. The molecule has 0 aliphatic heterocycles. The largest absolute Gasteiger partial charge is 2.00 e. The summed E-state index contributed by atoms with van der Waals surface area (Å²) in [5.41, 5.74) is 0. The molecule has 4 heteroatoms. The van der Waals surface area contributed by atoms with Crippen LogP contribution in [0.2, 0.25) is 0 Å². The van der Waals surface area contributed by atoms with E-state index in [1.54, 1.807) is 0 Å². The van der Waals surface area contributed by atoms with Crippen molar-refractivity contribution in [1.29, 1.82) is 0 Å². The zero-order valence-corrected chi connectivity index (χ0v) is 12.3. The number of hydrogen-bond acceptors (Lipinski definition) is 0. The van der Waals surface area contributed by atoms with E-state index in [0.29, 0.717) is 0 Å². The van der Waals surface area contributed by atoms with Gasteiger partial charge in [-0.15, -0.1) is 0 Å².